The first kappa shape index (κ1) is 15.9. The molecule has 0 amide bonds. The van der Waals surface area contributed by atoms with Crippen LogP contribution in [0.25, 0.3) is 22.4 Å². The Balaban J connectivity index is 2.23. The first-order chi connectivity index (χ1) is 11.4. The largest absolute Gasteiger partial charge is 0.480 e. The fourth-order valence-electron chi connectivity index (χ4n) is 2.86. The summed E-state index contributed by atoms with van der Waals surface area (Å²) in [7, 11) is 0. The molecule has 0 saturated carbocycles. The van der Waals surface area contributed by atoms with Gasteiger partial charge in [-0.15, -0.1) is 0 Å². The molecule has 0 atom stereocenters. The van der Waals surface area contributed by atoms with Gasteiger partial charge in [-0.2, -0.15) is 0 Å². The van der Waals surface area contributed by atoms with Gasteiger partial charge in [0, 0.05) is 6.42 Å². The van der Waals surface area contributed by atoms with Gasteiger partial charge in [0.25, 0.3) is 0 Å². The van der Waals surface area contributed by atoms with Crippen LogP contribution in [-0.2, 0) is 22.6 Å². The lowest BCUT2D eigenvalue weighted by molar-refractivity contribution is -0.137. The summed E-state index contributed by atoms with van der Waals surface area (Å²) in [5, 5.41) is 13.2. The number of rotatable bonds is 5. The van der Waals surface area contributed by atoms with Crippen LogP contribution >= 0.6 is 0 Å². The van der Waals surface area contributed by atoms with Crippen LogP contribution in [0.15, 0.2) is 22.7 Å². The maximum atomic E-state index is 11.3. The SMILES string of the molecule is CC(=O)Cc1ccc2c(c1)nc(-c1c(C)noc1C)n2CC(=O)O. The number of carboxylic acid groups (broad SMARTS) is 1. The quantitative estimate of drug-likeness (QED) is 0.773. The molecule has 24 heavy (non-hydrogen) atoms. The van der Waals surface area contributed by atoms with E-state index >= 15 is 0 Å². The summed E-state index contributed by atoms with van der Waals surface area (Å²) < 4.78 is 6.81. The summed E-state index contributed by atoms with van der Waals surface area (Å²) in [6.07, 6.45) is 0.322. The normalized spacial score (nSPS) is 11.1. The minimum atomic E-state index is -0.963. The summed E-state index contributed by atoms with van der Waals surface area (Å²) in [4.78, 5) is 27.2. The predicted octanol–water partition coefficient (Wildman–Crippen LogP) is 2.52. The number of Topliss-reactive ketones (excluding diaryl/α,β-unsaturated/α-hetero) is 1. The van der Waals surface area contributed by atoms with Crippen LogP contribution in [0.5, 0.6) is 0 Å². The van der Waals surface area contributed by atoms with E-state index in [0.29, 0.717) is 40.3 Å². The van der Waals surface area contributed by atoms with E-state index in [1.807, 2.05) is 12.1 Å². The number of benzene rings is 1. The molecule has 1 N–H and O–H groups in total. The number of ketones is 1. The average molecular weight is 327 g/mol. The highest BCUT2D eigenvalue weighted by molar-refractivity contribution is 5.85. The number of carbonyl (C=O) groups excluding carboxylic acids is 1. The fourth-order valence-corrected chi connectivity index (χ4v) is 2.86. The van der Waals surface area contributed by atoms with Crippen molar-refractivity contribution in [2.75, 3.05) is 0 Å². The molecular formula is C17H17N3O4. The zero-order valence-corrected chi connectivity index (χ0v) is 13.7. The molecule has 7 nitrogen and oxygen atoms in total. The third-order valence-electron chi connectivity index (χ3n) is 3.82. The Labute approximate surface area is 137 Å². The zero-order chi connectivity index (χ0) is 17.4. The Morgan fingerprint density at radius 1 is 1.29 bits per heavy atom. The van der Waals surface area contributed by atoms with Gasteiger partial charge in [-0.25, -0.2) is 4.98 Å². The van der Waals surface area contributed by atoms with Crippen molar-refractivity contribution in [3.63, 3.8) is 0 Å². The predicted molar refractivity (Wildman–Crippen MR) is 86.7 cm³/mol. The van der Waals surface area contributed by atoms with Crippen LogP contribution in [0.2, 0.25) is 0 Å². The van der Waals surface area contributed by atoms with Gasteiger partial charge in [-0.1, -0.05) is 11.2 Å². The highest BCUT2D eigenvalue weighted by Gasteiger charge is 2.21. The number of carbonyl (C=O) groups is 2. The summed E-state index contributed by atoms with van der Waals surface area (Å²) in [6.45, 7) is 4.86. The topological polar surface area (TPSA) is 98.2 Å². The Morgan fingerprint density at radius 2 is 2.04 bits per heavy atom. The van der Waals surface area contributed by atoms with Crippen molar-refractivity contribution in [2.45, 2.75) is 33.7 Å². The third kappa shape index (κ3) is 2.80. The number of hydrogen-bond acceptors (Lipinski definition) is 5. The van der Waals surface area contributed by atoms with Crippen LogP contribution in [-0.4, -0.2) is 31.6 Å². The molecule has 0 aliphatic rings. The first-order valence-electron chi connectivity index (χ1n) is 7.50. The fraction of sp³-hybridized carbons (Fsp3) is 0.294. The molecule has 0 aliphatic carbocycles. The van der Waals surface area contributed by atoms with E-state index in [0.717, 1.165) is 5.56 Å². The van der Waals surface area contributed by atoms with E-state index in [4.69, 9.17) is 4.52 Å². The minimum Gasteiger partial charge on any atom is -0.480 e. The molecule has 124 valence electrons. The molecule has 0 fully saturated rings. The van der Waals surface area contributed by atoms with Gasteiger partial charge in [0.2, 0.25) is 0 Å². The lowest BCUT2D eigenvalue weighted by Crippen LogP contribution is -2.10. The molecular weight excluding hydrogens is 310 g/mol. The summed E-state index contributed by atoms with van der Waals surface area (Å²) in [5.41, 5.74) is 3.53. The molecule has 0 radical (unpaired) electrons. The number of carboxylic acids is 1. The molecule has 0 unspecified atom stereocenters. The number of aromatic nitrogens is 3. The van der Waals surface area contributed by atoms with Crippen molar-refractivity contribution >= 4 is 22.8 Å². The first-order valence-corrected chi connectivity index (χ1v) is 7.50. The second-order valence-electron chi connectivity index (χ2n) is 5.82. The number of nitrogens with zero attached hydrogens (tertiary/aromatic N) is 3. The van der Waals surface area contributed by atoms with Crippen molar-refractivity contribution in [1.29, 1.82) is 0 Å². The van der Waals surface area contributed by atoms with Gasteiger partial charge in [0.15, 0.2) is 0 Å². The highest BCUT2D eigenvalue weighted by Crippen LogP contribution is 2.30. The van der Waals surface area contributed by atoms with Gasteiger partial charge in [0.1, 0.15) is 23.9 Å². The van der Waals surface area contributed by atoms with Crippen LogP contribution in [0.1, 0.15) is 23.9 Å². The minimum absolute atomic E-state index is 0.0604. The van der Waals surface area contributed by atoms with E-state index in [2.05, 4.69) is 10.1 Å². The van der Waals surface area contributed by atoms with E-state index in [9.17, 15) is 14.7 Å². The number of fused-ring (bicyclic) bond motifs is 1. The van der Waals surface area contributed by atoms with Gasteiger partial charge in [-0.05, 0) is 38.5 Å². The molecule has 1 aromatic carbocycles. The lowest BCUT2D eigenvalue weighted by atomic mass is 10.1. The van der Waals surface area contributed by atoms with Crippen LogP contribution in [0.4, 0.5) is 0 Å². The molecule has 3 rings (SSSR count). The van der Waals surface area contributed by atoms with Crippen LogP contribution in [0, 0.1) is 13.8 Å². The Hall–Kier alpha value is -2.96. The lowest BCUT2D eigenvalue weighted by Gasteiger charge is -2.06. The highest BCUT2D eigenvalue weighted by atomic mass is 16.5. The third-order valence-corrected chi connectivity index (χ3v) is 3.82. The summed E-state index contributed by atoms with van der Waals surface area (Å²) >= 11 is 0. The maximum absolute atomic E-state index is 11.3. The molecule has 0 aliphatic heterocycles. The summed E-state index contributed by atoms with van der Waals surface area (Å²) in [5.74, 6) is 0.183. The molecule has 0 saturated heterocycles. The maximum Gasteiger partial charge on any atom is 0.323 e. The van der Waals surface area contributed by atoms with Crippen molar-refractivity contribution in [3.05, 3.63) is 35.2 Å². The monoisotopic (exact) mass is 327 g/mol. The average Bonchev–Trinajstić information content (AvgIpc) is 2.98. The van der Waals surface area contributed by atoms with E-state index < -0.39 is 5.97 Å². The van der Waals surface area contributed by atoms with Crippen LogP contribution < -0.4 is 0 Å². The van der Waals surface area contributed by atoms with Gasteiger partial charge < -0.3 is 14.2 Å². The van der Waals surface area contributed by atoms with Gasteiger partial charge in [0.05, 0.1) is 22.3 Å². The van der Waals surface area contributed by atoms with E-state index in [1.165, 1.54) is 6.92 Å². The number of hydrogen-bond donors (Lipinski definition) is 1. The summed E-state index contributed by atoms with van der Waals surface area (Å²) in [6, 6.07) is 5.43. The van der Waals surface area contributed by atoms with Gasteiger partial charge >= 0.3 is 5.97 Å². The molecule has 7 heteroatoms. The zero-order valence-electron chi connectivity index (χ0n) is 13.7. The van der Waals surface area contributed by atoms with Crippen molar-refractivity contribution in [1.82, 2.24) is 14.7 Å². The Bertz CT molecular complexity index is 933. The molecule has 2 heterocycles. The smallest absolute Gasteiger partial charge is 0.323 e. The van der Waals surface area contributed by atoms with Gasteiger partial charge in [-0.3, -0.25) is 9.59 Å². The molecule has 0 spiro atoms. The van der Waals surface area contributed by atoms with Crippen molar-refractivity contribution < 1.29 is 19.2 Å². The Morgan fingerprint density at radius 3 is 2.62 bits per heavy atom. The molecule has 0 bridgehead atoms. The molecule has 2 aromatic heterocycles. The molecule has 3 aromatic rings. The standard InChI is InChI=1S/C17H17N3O4/c1-9(21)6-12-4-5-14-13(7-12)18-17(20(14)8-15(22)23)16-10(2)19-24-11(16)3/h4-5,7H,6,8H2,1-3H3,(H,22,23). The van der Waals surface area contributed by atoms with Crippen molar-refractivity contribution in [3.8, 4) is 11.4 Å². The Kier molecular flexibility index (Phi) is 3.92. The van der Waals surface area contributed by atoms with Crippen molar-refractivity contribution in [2.24, 2.45) is 0 Å². The second kappa shape index (κ2) is 5.92. The number of aliphatic carboxylic acids is 1. The number of aryl methyl sites for hydroxylation is 2. The van der Waals surface area contributed by atoms with Crippen LogP contribution in [0.3, 0.4) is 0 Å². The van der Waals surface area contributed by atoms with E-state index in [-0.39, 0.29) is 12.3 Å². The second-order valence-corrected chi connectivity index (χ2v) is 5.82. The number of imidazole rings is 1. The van der Waals surface area contributed by atoms with E-state index in [1.54, 1.807) is 24.5 Å².